The van der Waals surface area contributed by atoms with Crippen molar-refractivity contribution in [1.82, 2.24) is 14.1 Å². The van der Waals surface area contributed by atoms with Gasteiger partial charge in [0, 0.05) is 18.1 Å². The van der Waals surface area contributed by atoms with Gasteiger partial charge in [-0.15, -0.1) is 11.3 Å². The van der Waals surface area contributed by atoms with Crippen LogP contribution in [0, 0.1) is 5.41 Å². The first-order valence-corrected chi connectivity index (χ1v) is 8.53. The van der Waals surface area contributed by atoms with Gasteiger partial charge in [0.15, 0.2) is 10.8 Å². The van der Waals surface area contributed by atoms with Gasteiger partial charge in [-0.2, -0.15) is 4.98 Å². The van der Waals surface area contributed by atoms with Crippen molar-refractivity contribution in [2.24, 2.45) is 11.3 Å². The molecule has 0 aromatic carbocycles. The van der Waals surface area contributed by atoms with Gasteiger partial charge in [0.05, 0.1) is 0 Å². The molecule has 0 bridgehead atoms. The van der Waals surface area contributed by atoms with Crippen molar-refractivity contribution in [1.29, 1.82) is 0 Å². The number of nitrogens with zero attached hydrogens (tertiary/aromatic N) is 2. The Labute approximate surface area is 122 Å². The molecule has 20 heavy (non-hydrogen) atoms. The third-order valence-electron chi connectivity index (χ3n) is 2.78. The second-order valence-corrected chi connectivity index (χ2v) is 8.23. The van der Waals surface area contributed by atoms with Gasteiger partial charge in [-0.05, 0) is 11.8 Å². The topological polar surface area (TPSA) is 102 Å². The highest BCUT2D eigenvalue weighted by atomic mass is 32.2. The average molecular weight is 317 g/mol. The lowest BCUT2D eigenvalue weighted by Crippen LogP contribution is -2.29. The number of nitrogen functional groups attached to an aromatic ring is 1. The van der Waals surface area contributed by atoms with Gasteiger partial charge in [0.25, 0.3) is 10.0 Å². The van der Waals surface area contributed by atoms with E-state index in [0.717, 1.165) is 6.42 Å². The normalized spacial score (nSPS) is 13.0. The van der Waals surface area contributed by atoms with Crippen molar-refractivity contribution in [3.05, 3.63) is 11.6 Å². The highest BCUT2D eigenvalue weighted by Crippen LogP contribution is 2.25. The Hall–Kier alpha value is -1.16. The van der Waals surface area contributed by atoms with E-state index in [4.69, 9.17) is 5.84 Å². The molecule has 112 valence electrons. The number of anilines is 1. The van der Waals surface area contributed by atoms with Gasteiger partial charge in [0.1, 0.15) is 0 Å². The van der Waals surface area contributed by atoms with Crippen LogP contribution in [0.4, 0.5) is 5.82 Å². The maximum absolute atomic E-state index is 12.4. The summed E-state index contributed by atoms with van der Waals surface area (Å²) in [5.41, 5.74) is 2.40. The van der Waals surface area contributed by atoms with E-state index in [9.17, 15) is 8.42 Å². The lowest BCUT2D eigenvalue weighted by atomic mass is 9.93. The van der Waals surface area contributed by atoms with Crippen LogP contribution in [0.15, 0.2) is 16.6 Å². The minimum absolute atomic E-state index is 0.0464. The van der Waals surface area contributed by atoms with E-state index in [1.54, 1.807) is 11.6 Å². The third kappa shape index (κ3) is 3.11. The SMILES string of the molecule is CC(C)(C)CCNS(=O)(=O)c1c(NN)nc2sccn12. The van der Waals surface area contributed by atoms with Gasteiger partial charge in [-0.1, -0.05) is 20.8 Å². The van der Waals surface area contributed by atoms with Gasteiger partial charge in [0.2, 0.25) is 5.03 Å². The average Bonchev–Trinajstić information content (AvgIpc) is 2.84. The second kappa shape index (κ2) is 5.32. The first-order chi connectivity index (χ1) is 9.24. The fraction of sp³-hybridized carbons (Fsp3) is 0.545. The van der Waals surface area contributed by atoms with Crippen molar-refractivity contribution < 1.29 is 8.42 Å². The van der Waals surface area contributed by atoms with E-state index in [2.05, 4.69) is 35.9 Å². The summed E-state index contributed by atoms with van der Waals surface area (Å²) in [6.45, 7) is 6.55. The van der Waals surface area contributed by atoms with Crippen LogP contribution in [-0.2, 0) is 10.0 Å². The molecule has 0 radical (unpaired) electrons. The van der Waals surface area contributed by atoms with Gasteiger partial charge < -0.3 is 5.43 Å². The number of aromatic nitrogens is 2. The lowest BCUT2D eigenvalue weighted by molar-refractivity contribution is 0.378. The summed E-state index contributed by atoms with van der Waals surface area (Å²) < 4.78 is 28.9. The van der Waals surface area contributed by atoms with E-state index in [0.29, 0.717) is 11.5 Å². The number of rotatable bonds is 5. The number of nitrogens with two attached hydrogens (primary N) is 1. The standard InChI is InChI=1S/C11H19N5O2S2/c1-11(2,3)4-5-13-20(17,18)9-8(15-12)14-10-16(9)6-7-19-10/h6-7,13,15H,4-5,12H2,1-3H3. The predicted molar refractivity (Wildman–Crippen MR) is 80.1 cm³/mol. The molecule has 0 saturated heterocycles. The van der Waals surface area contributed by atoms with Crippen LogP contribution in [0.3, 0.4) is 0 Å². The van der Waals surface area contributed by atoms with E-state index in [1.807, 2.05) is 0 Å². The Balaban J connectivity index is 2.29. The van der Waals surface area contributed by atoms with Crippen LogP contribution in [-0.4, -0.2) is 24.3 Å². The van der Waals surface area contributed by atoms with Crippen LogP contribution >= 0.6 is 11.3 Å². The Bertz CT molecular complexity index is 696. The minimum atomic E-state index is -3.66. The first-order valence-electron chi connectivity index (χ1n) is 6.16. The number of nitrogens with one attached hydrogen (secondary N) is 2. The molecule has 9 heteroatoms. The zero-order chi connectivity index (χ0) is 15.0. The number of fused-ring (bicyclic) bond motifs is 1. The molecule has 0 aliphatic carbocycles. The van der Waals surface area contributed by atoms with E-state index in [1.165, 1.54) is 15.7 Å². The molecule has 0 aliphatic heterocycles. The first kappa shape index (κ1) is 15.2. The van der Waals surface area contributed by atoms with Gasteiger partial charge in [-0.3, -0.25) is 4.40 Å². The van der Waals surface area contributed by atoms with Gasteiger partial charge >= 0.3 is 0 Å². The molecule has 7 nitrogen and oxygen atoms in total. The smallest absolute Gasteiger partial charge is 0.260 e. The third-order valence-corrected chi connectivity index (χ3v) is 5.02. The van der Waals surface area contributed by atoms with Crippen LogP contribution in [0.1, 0.15) is 27.2 Å². The molecule has 2 heterocycles. The van der Waals surface area contributed by atoms with Crippen molar-refractivity contribution in [2.45, 2.75) is 32.2 Å². The fourth-order valence-corrected chi connectivity index (χ4v) is 3.79. The highest BCUT2D eigenvalue weighted by molar-refractivity contribution is 7.89. The molecule has 0 spiro atoms. The zero-order valence-electron chi connectivity index (χ0n) is 11.7. The van der Waals surface area contributed by atoms with Crippen molar-refractivity contribution in [3.63, 3.8) is 0 Å². The van der Waals surface area contributed by atoms with E-state index < -0.39 is 10.0 Å². The molecular formula is C11H19N5O2S2. The number of hydrogen-bond acceptors (Lipinski definition) is 6. The molecule has 0 unspecified atom stereocenters. The molecular weight excluding hydrogens is 298 g/mol. The maximum atomic E-state index is 12.4. The zero-order valence-corrected chi connectivity index (χ0v) is 13.3. The van der Waals surface area contributed by atoms with Crippen molar-refractivity contribution >= 4 is 32.1 Å². The molecule has 0 atom stereocenters. The fourth-order valence-electron chi connectivity index (χ4n) is 1.74. The summed E-state index contributed by atoms with van der Waals surface area (Å²) in [6, 6.07) is 0. The lowest BCUT2D eigenvalue weighted by Gasteiger charge is -2.18. The maximum Gasteiger partial charge on any atom is 0.260 e. The molecule has 0 saturated carbocycles. The number of hydrazine groups is 1. The minimum Gasteiger partial charge on any atom is -0.306 e. The number of thiazole rings is 1. The molecule has 0 fully saturated rings. The highest BCUT2D eigenvalue weighted by Gasteiger charge is 2.25. The number of sulfonamides is 1. The number of imidazole rings is 1. The summed E-state index contributed by atoms with van der Waals surface area (Å²) in [5, 5.41) is 1.82. The molecule has 2 aromatic rings. The van der Waals surface area contributed by atoms with Crippen molar-refractivity contribution in [2.75, 3.05) is 12.0 Å². The van der Waals surface area contributed by atoms with Gasteiger partial charge in [-0.25, -0.2) is 19.0 Å². The summed E-state index contributed by atoms with van der Waals surface area (Å²) in [7, 11) is -3.66. The molecule has 4 N–H and O–H groups in total. The Morgan fingerprint density at radius 2 is 2.15 bits per heavy atom. The summed E-state index contributed by atoms with van der Waals surface area (Å²) >= 11 is 1.35. The van der Waals surface area contributed by atoms with Crippen molar-refractivity contribution in [3.8, 4) is 0 Å². The van der Waals surface area contributed by atoms with Crippen LogP contribution in [0.2, 0.25) is 0 Å². The number of hydrogen-bond donors (Lipinski definition) is 3. The quantitative estimate of drug-likeness (QED) is 0.571. The van der Waals surface area contributed by atoms with Crippen LogP contribution < -0.4 is 16.0 Å². The molecule has 0 amide bonds. The molecule has 0 aliphatic rings. The summed E-state index contributed by atoms with van der Waals surface area (Å²) in [5.74, 6) is 5.51. The molecule has 2 rings (SSSR count). The van der Waals surface area contributed by atoms with Crippen LogP contribution in [0.25, 0.3) is 4.96 Å². The monoisotopic (exact) mass is 317 g/mol. The largest absolute Gasteiger partial charge is 0.306 e. The van der Waals surface area contributed by atoms with E-state index in [-0.39, 0.29) is 16.3 Å². The Morgan fingerprint density at radius 1 is 1.45 bits per heavy atom. The predicted octanol–water partition coefficient (Wildman–Crippen LogP) is 1.40. The summed E-state index contributed by atoms with van der Waals surface area (Å²) in [4.78, 5) is 4.72. The van der Waals surface area contributed by atoms with Crippen LogP contribution in [0.5, 0.6) is 0 Å². The Kier molecular flexibility index (Phi) is 4.05. The second-order valence-electron chi connectivity index (χ2n) is 5.67. The Morgan fingerprint density at radius 3 is 2.75 bits per heavy atom. The summed E-state index contributed by atoms with van der Waals surface area (Å²) in [6.07, 6.45) is 2.40. The van der Waals surface area contributed by atoms with E-state index >= 15 is 0 Å². The molecule has 2 aromatic heterocycles.